The maximum absolute atomic E-state index is 12.4. The average molecular weight is 209 g/mol. The van der Waals surface area contributed by atoms with Gasteiger partial charge >= 0.3 is 12.1 Å². The Morgan fingerprint density at radius 3 is 2.07 bits per heavy atom. The van der Waals surface area contributed by atoms with Gasteiger partial charge in [0.1, 0.15) is 6.04 Å². The first-order chi connectivity index (χ1) is 6.23. The molecular formula is C8H10F3NO2. The van der Waals surface area contributed by atoms with Crippen LogP contribution in [0.3, 0.4) is 0 Å². The minimum atomic E-state index is -4.20. The molecule has 0 radical (unpaired) electrons. The van der Waals surface area contributed by atoms with Crippen LogP contribution in [-0.2, 0) is 4.79 Å². The zero-order valence-corrected chi connectivity index (χ0v) is 7.27. The van der Waals surface area contributed by atoms with Gasteiger partial charge in [0.25, 0.3) is 0 Å². The fourth-order valence-corrected chi connectivity index (χ4v) is 2.76. The van der Waals surface area contributed by atoms with Gasteiger partial charge in [-0.2, -0.15) is 13.2 Å². The summed E-state index contributed by atoms with van der Waals surface area (Å²) >= 11 is 0. The van der Waals surface area contributed by atoms with Crippen LogP contribution in [0.1, 0.15) is 19.3 Å². The summed E-state index contributed by atoms with van der Waals surface area (Å²) in [5.41, 5.74) is 2.94. The molecule has 6 heteroatoms. The van der Waals surface area contributed by atoms with Crippen LogP contribution >= 0.6 is 0 Å². The summed E-state index contributed by atoms with van der Waals surface area (Å²) < 4.78 is 37.1. The van der Waals surface area contributed by atoms with Gasteiger partial charge in [-0.25, -0.2) is 0 Å². The van der Waals surface area contributed by atoms with Crippen molar-refractivity contribution in [1.82, 2.24) is 0 Å². The van der Waals surface area contributed by atoms with Crippen molar-refractivity contribution in [2.45, 2.75) is 31.5 Å². The third kappa shape index (κ3) is 0.893. The fourth-order valence-electron chi connectivity index (χ4n) is 2.76. The molecular weight excluding hydrogens is 199 g/mol. The molecule has 2 bridgehead atoms. The van der Waals surface area contributed by atoms with E-state index >= 15 is 0 Å². The van der Waals surface area contributed by atoms with Crippen LogP contribution in [-0.4, -0.2) is 23.3 Å². The summed E-state index contributed by atoms with van der Waals surface area (Å²) in [5, 5.41) is 8.59. The van der Waals surface area contributed by atoms with Gasteiger partial charge < -0.3 is 10.8 Å². The maximum atomic E-state index is 12.4. The summed E-state index contributed by atoms with van der Waals surface area (Å²) in [6.07, 6.45) is -4.54. The van der Waals surface area contributed by atoms with Crippen molar-refractivity contribution in [2.75, 3.05) is 0 Å². The quantitative estimate of drug-likeness (QED) is 0.716. The number of carboxylic acids is 1. The summed E-state index contributed by atoms with van der Waals surface area (Å²) in [6, 6.07) is -1.15. The molecule has 3 N–H and O–H groups in total. The minimum absolute atomic E-state index is 0.114. The topological polar surface area (TPSA) is 63.3 Å². The van der Waals surface area contributed by atoms with Crippen molar-refractivity contribution in [3.8, 4) is 0 Å². The second kappa shape index (κ2) is 2.24. The molecule has 0 amide bonds. The molecule has 14 heavy (non-hydrogen) atoms. The number of carbonyl (C=O) groups is 1. The van der Waals surface area contributed by atoms with Gasteiger partial charge in [-0.05, 0) is 24.7 Å². The standard InChI is InChI=1S/C8H10F3NO2/c9-8(10,11)7-1-6(2-7,3-7)4(12)5(13)14/h4H,1-3,12H2,(H,13,14). The van der Waals surface area contributed by atoms with Gasteiger partial charge in [-0.3, -0.25) is 4.79 Å². The van der Waals surface area contributed by atoms with E-state index in [4.69, 9.17) is 10.8 Å². The maximum Gasteiger partial charge on any atom is 0.394 e. The molecule has 3 aliphatic carbocycles. The molecule has 1 atom stereocenters. The van der Waals surface area contributed by atoms with Crippen LogP contribution < -0.4 is 5.73 Å². The van der Waals surface area contributed by atoms with Crippen LogP contribution in [0, 0.1) is 10.8 Å². The van der Waals surface area contributed by atoms with Crippen molar-refractivity contribution < 1.29 is 23.1 Å². The van der Waals surface area contributed by atoms with Crippen molar-refractivity contribution in [1.29, 1.82) is 0 Å². The molecule has 0 aromatic carbocycles. The lowest BCUT2D eigenvalue weighted by Crippen LogP contribution is -2.74. The normalized spacial score (nSPS) is 42.3. The third-order valence-corrected chi connectivity index (χ3v) is 3.60. The number of rotatable bonds is 2. The van der Waals surface area contributed by atoms with Crippen molar-refractivity contribution in [2.24, 2.45) is 16.6 Å². The van der Waals surface area contributed by atoms with E-state index in [9.17, 15) is 18.0 Å². The van der Waals surface area contributed by atoms with Crippen molar-refractivity contribution in [3.05, 3.63) is 0 Å². The molecule has 0 aromatic rings. The predicted molar refractivity (Wildman–Crippen MR) is 40.4 cm³/mol. The number of nitrogens with two attached hydrogens (primary N) is 1. The summed E-state index contributed by atoms with van der Waals surface area (Å²) in [6.45, 7) is 0. The molecule has 3 rings (SSSR count). The molecule has 3 saturated carbocycles. The van der Waals surface area contributed by atoms with E-state index in [-0.39, 0.29) is 19.3 Å². The number of carboxylic acid groups (broad SMARTS) is 1. The van der Waals surface area contributed by atoms with E-state index in [0.717, 1.165) is 0 Å². The number of hydrogen-bond donors (Lipinski definition) is 2. The SMILES string of the molecule is NC(C(=O)O)C12CC(C(F)(F)F)(C1)C2. The highest BCUT2D eigenvalue weighted by Crippen LogP contribution is 2.79. The number of aliphatic carboxylic acids is 1. The van der Waals surface area contributed by atoms with Crippen LogP contribution in [0.5, 0.6) is 0 Å². The van der Waals surface area contributed by atoms with E-state index in [1.54, 1.807) is 0 Å². The second-order valence-corrected chi connectivity index (χ2v) is 4.49. The third-order valence-electron chi connectivity index (χ3n) is 3.60. The highest BCUT2D eigenvalue weighted by Gasteiger charge is 2.80. The Bertz CT molecular complexity index is 280. The Morgan fingerprint density at radius 1 is 1.36 bits per heavy atom. The van der Waals surface area contributed by atoms with Crippen LogP contribution in [0.2, 0.25) is 0 Å². The molecule has 0 heterocycles. The van der Waals surface area contributed by atoms with E-state index in [1.165, 1.54) is 0 Å². The first-order valence-corrected chi connectivity index (χ1v) is 4.28. The van der Waals surface area contributed by atoms with Crippen molar-refractivity contribution in [3.63, 3.8) is 0 Å². The van der Waals surface area contributed by atoms with E-state index in [1.807, 2.05) is 0 Å². The average Bonchev–Trinajstić information content (AvgIpc) is 1.76. The number of alkyl halides is 3. The lowest BCUT2D eigenvalue weighted by atomic mass is 9.33. The monoisotopic (exact) mass is 209 g/mol. The Labute approximate surface area is 78.1 Å². The Kier molecular flexibility index (Phi) is 1.56. The lowest BCUT2D eigenvalue weighted by Gasteiger charge is -2.71. The first kappa shape index (κ1) is 9.76. The predicted octanol–water partition coefficient (Wildman–Crippen LogP) is 1.13. The Morgan fingerprint density at radius 2 is 1.79 bits per heavy atom. The van der Waals surface area contributed by atoms with E-state index in [2.05, 4.69) is 0 Å². The molecule has 0 aromatic heterocycles. The highest BCUT2D eigenvalue weighted by molar-refractivity contribution is 5.75. The summed E-state index contributed by atoms with van der Waals surface area (Å²) in [5.74, 6) is -1.21. The van der Waals surface area contributed by atoms with Gasteiger partial charge in [0.2, 0.25) is 0 Å². The zero-order chi connectivity index (χ0) is 10.8. The van der Waals surface area contributed by atoms with Gasteiger partial charge in [-0.1, -0.05) is 0 Å². The minimum Gasteiger partial charge on any atom is -0.480 e. The highest BCUT2D eigenvalue weighted by atomic mass is 19.4. The molecule has 0 aliphatic heterocycles. The van der Waals surface area contributed by atoms with Crippen LogP contribution in [0.4, 0.5) is 13.2 Å². The molecule has 80 valence electrons. The van der Waals surface area contributed by atoms with Crippen molar-refractivity contribution >= 4 is 5.97 Å². The Hall–Kier alpha value is -0.780. The van der Waals surface area contributed by atoms with E-state index < -0.39 is 29.0 Å². The lowest BCUT2D eigenvalue weighted by molar-refractivity contribution is -0.366. The Balaban J connectivity index is 2.04. The largest absolute Gasteiger partial charge is 0.480 e. The molecule has 1 unspecified atom stereocenters. The number of hydrogen-bond acceptors (Lipinski definition) is 2. The van der Waals surface area contributed by atoms with Gasteiger partial charge in [-0.15, -0.1) is 0 Å². The van der Waals surface area contributed by atoms with Gasteiger partial charge in [0, 0.05) is 0 Å². The fraction of sp³-hybridized carbons (Fsp3) is 0.875. The second-order valence-electron chi connectivity index (χ2n) is 4.49. The van der Waals surface area contributed by atoms with Crippen LogP contribution in [0.25, 0.3) is 0 Å². The van der Waals surface area contributed by atoms with E-state index in [0.29, 0.717) is 0 Å². The summed E-state index contributed by atoms with van der Waals surface area (Å²) in [4.78, 5) is 10.5. The zero-order valence-electron chi connectivity index (χ0n) is 7.27. The molecule has 3 nitrogen and oxygen atoms in total. The number of halogens is 3. The van der Waals surface area contributed by atoms with Gasteiger partial charge in [0.15, 0.2) is 0 Å². The van der Waals surface area contributed by atoms with Crippen LogP contribution in [0.15, 0.2) is 0 Å². The molecule has 0 saturated heterocycles. The smallest absolute Gasteiger partial charge is 0.394 e. The first-order valence-electron chi connectivity index (χ1n) is 4.28. The summed E-state index contributed by atoms with van der Waals surface area (Å²) in [7, 11) is 0. The molecule has 3 aliphatic rings. The molecule has 0 spiro atoms. The molecule has 3 fully saturated rings. The van der Waals surface area contributed by atoms with Gasteiger partial charge in [0.05, 0.1) is 5.41 Å².